The van der Waals surface area contributed by atoms with Gasteiger partial charge in [0.2, 0.25) is 0 Å². The summed E-state index contributed by atoms with van der Waals surface area (Å²) in [5.41, 5.74) is 2.26. The van der Waals surface area contributed by atoms with Gasteiger partial charge in [-0.05, 0) is 39.7 Å². The van der Waals surface area contributed by atoms with Crippen molar-refractivity contribution in [2.75, 3.05) is 6.54 Å². The molecule has 0 bridgehead atoms. The van der Waals surface area contributed by atoms with Crippen LogP contribution in [0.1, 0.15) is 11.3 Å². The van der Waals surface area contributed by atoms with Gasteiger partial charge in [0.05, 0.1) is 4.47 Å². The van der Waals surface area contributed by atoms with Crippen LogP contribution in [0.25, 0.3) is 0 Å². The van der Waals surface area contributed by atoms with E-state index in [1.165, 1.54) is 11.8 Å². The van der Waals surface area contributed by atoms with E-state index in [1.54, 1.807) is 18.3 Å². The lowest BCUT2D eigenvalue weighted by molar-refractivity contribution is 0.616. The monoisotopic (exact) mass is 311 g/mol. The van der Waals surface area contributed by atoms with Crippen LogP contribution in [0.4, 0.5) is 4.39 Å². The van der Waals surface area contributed by atoms with Gasteiger partial charge in [0.15, 0.2) is 0 Å². The van der Waals surface area contributed by atoms with E-state index in [2.05, 4.69) is 26.3 Å². The first-order valence-corrected chi connectivity index (χ1v) is 6.57. The molecule has 5 heteroatoms. The molecule has 0 aliphatic rings. The number of benzene rings is 1. The van der Waals surface area contributed by atoms with E-state index in [4.69, 9.17) is 0 Å². The molecule has 2 aromatic rings. The lowest BCUT2D eigenvalue weighted by Gasteiger charge is -2.06. The van der Waals surface area contributed by atoms with E-state index in [0.29, 0.717) is 4.47 Å². The SMILES string of the molecule is Cn1nccc1CCNCc1ccc(F)c(Br)c1. The topological polar surface area (TPSA) is 29.9 Å². The van der Waals surface area contributed by atoms with E-state index in [-0.39, 0.29) is 5.82 Å². The van der Waals surface area contributed by atoms with Crippen molar-refractivity contribution in [3.8, 4) is 0 Å². The summed E-state index contributed by atoms with van der Waals surface area (Å²) in [7, 11) is 1.94. The first kappa shape index (κ1) is 13.2. The minimum atomic E-state index is -0.228. The Balaban J connectivity index is 1.78. The second kappa shape index (κ2) is 6.11. The fourth-order valence-electron chi connectivity index (χ4n) is 1.75. The summed E-state index contributed by atoms with van der Waals surface area (Å²) >= 11 is 3.18. The molecule has 18 heavy (non-hydrogen) atoms. The number of hydrogen-bond donors (Lipinski definition) is 1. The summed E-state index contributed by atoms with van der Waals surface area (Å²) in [6, 6.07) is 7.07. The van der Waals surface area contributed by atoms with E-state index >= 15 is 0 Å². The van der Waals surface area contributed by atoms with Gasteiger partial charge in [-0.25, -0.2) is 4.39 Å². The molecule has 0 saturated heterocycles. The van der Waals surface area contributed by atoms with Crippen molar-refractivity contribution in [1.29, 1.82) is 0 Å². The van der Waals surface area contributed by atoms with Gasteiger partial charge in [0.1, 0.15) is 5.82 Å². The van der Waals surface area contributed by atoms with Gasteiger partial charge >= 0.3 is 0 Å². The second-order valence-corrected chi connectivity index (χ2v) is 4.98. The van der Waals surface area contributed by atoms with E-state index < -0.39 is 0 Å². The Morgan fingerprint density at radius 2 is 2.22 bits per heavy atom. The molecular weight excluding hydrogens is 297 g/mol. The zero-order valence-electron chi connectivity index (χ0n) is 10.2. The van der Waals surface area contributed by atoms with Crippen molar-refractivity contribution in [1.82, 2.24) is 15.1 Å². The highest BCUT2D eigenvalue weighted by Gasteiger charge is 2.01. The predicted octanol–water partition coefficient (Wildman–Crippen LogP) is 2.65. The van der Waals surface area contributed by atoms with Crippen molar-refractivity contribution in [3.63, 3.8) is 0 Å². The third-order valence-corrected chi connectivity index (χ3v) is 3.40. The van der Waals surface area contributed by atoms with Crippen LogP contribution < -0.4 is 5.32 Å². The average Bonchev–Trinajstić information content (AvgIpc) is 2.75. The maximum Gasteiger partial charge on any atom is 0.137 e. The molecule has 1 aromatic heterocycles. The van der Waals surface area contributed by atoms with Crippen LogP contribution in [0, 0.1) is 5.82 Å². The van der Waals surface area contributed by atoms with Crippen LogP contribution >= 0.6 is 15.9 Å². The van der Waals surface area contributed by atoms with Crippen molar-refractivity contribution in [3.05, 3.63) is 52.0 Å². The number of rotatable bonds is 5. The van der Waals surface area contributed by atoms with Gasteiger partial charge in [0.25, 0.3) is 0 Å². The Hall–Kier alpha value is -1.20. The number of aryl methyl sites for hydroxylation is 1. The van der Waals surface area contributed by atoms with Gasteiger partial charge in [-0.3, -0.25) is 4.68 Å². The summed E-state index contributed by atoms with van der Waals surface area (Å²) in [4.78, 5) is 0. The van der Waals surface area contributed by atoms with Crippen LogP contribution in [0.3, 0.4) is 0 Å². The number of halogens is 2. The smallest absolute Gasteiger partial charge is 0.137 e. The molecule has 0 amide bonds. The maximum absolute atomic E-state index is 13.0. The molecule has 0 unspecified atom stereocenters. The van der Waals surface area contributed by atoms with Crippen LogP contribution in [-0.2, 0) is 20.0 Å². The molecule has 3 nitrogen and oxygen atoms in total. The lowest BCUT2D eigenvalue weighted by atomic mass is 10.2. The third kappa shape index (κ3) is 3.40. The van der Waals surface area contributed by atoms with Crippen molar-refractivity contribution >= 4 is 15.9 Å². The first-order chi connectivity index (χ1) is 8.66. The number of hydrogen-bond acceptors (Lipinski definition) is 2. The maximum atomic E-state index is 13.0. The number of nitrogens with one attached hydrogen (secondary N) is 1. The normalized spacial score (nSPS) is 10.8. The fraction of sp³-hybridized carbons (Fsp3) is 0.308. The van der Waals surface area contributed by atoms with Crippen LogP contribution in [0.5, 0.6) is 0 Å². The molecule has 0 saturated carbocycles. The lowest BCUT2D eigenvalue weighted by Crippen LogP contribution is -2.17. The third-order valence-electron chi connectivity index (χ3n) is 2.79. The summed E-state index contributed by atoms with van der Waals surface area (Å²) in [6.07, 6.45) is 2.73. The van der Waals surface area contributed by atoms with Crippen LogP contribution in [-0.4, -0.2) is 16.3 Å². The molecule has 2 rings (SSSR count). The average molecular weight is 312 g/mol. The molecule has 0 atom stereocenters. The molecular formula is C13H15BrFN3. The first-order valence-electron chi connectivity index (χ1n) is 5.78. The van der Waals surface area contributed by atoms with E-state index in [0.717, 1.165) is 25.1 Å². The second-order valence-electron chi connectivity index (χ2n) is 4.12. The fourth-order valence-corrected chi connectivity index (χ4v) is 2.17. The van der Waals surface area contributed by atoms with Gasteiger partial charge in [-0.1, -0.05) is 6.07 Å². The van der Waals surface area contributed by atoms with Gasteiger partial charge in [-0.2, -0.15) is 5.10 Å². The standard InChI is InChI=1S/C13H15BrFN3/c1-18-11(5-7-17-18)4-6-16-9-10-2-3-13(15)12(14)8-10/h2-3,5,7-8,16H,4,6,9H2,1H3. The molecule has 0 fully saturated rings. The molecule has 96 valence electrons. The Labute approximate surface area is 114 Å². The highest BCUT2D eigenvalue weighted by molar-refractivity contribution is 9.10. The van der Waals surface area contributed by atoms with E-state index in [1.807, 2.05) is 17.8 Å². The number of nitrogens with zero attached hydrogens (tertiary/aromatic N) is 2. The Morgan fingerprint density at radius 1 is 1.39 bits per heavy atom. The molecule has 1 heterocycles. The molecule has 0 aliphatic heterocycles. The predicted molar refractivity (Wildman–Crippen MR) is 72.7 cm³/mol. The summed E-state index contributed by atoms with van der Waals surface area (Å²) in [5, 5.41) is 7.45. The summed E-state index contributed by atoms with van der Waals surface area (Å²) in [5.74, 6) is -0.228. The van der Waals surface area contributed by atoms with Crippen LogP contribution in [0.2, 0.25) is 0 Å². The molecule has 0 spiro atoms. The van der Waals surface area contributed by atoms with Crippen molar-refractivity contribution in [2.24, 2.45) is 7.05 Å². The molecule has 1 N–H and O–H groups in total. The highest BCUT2D eigenvalue weighted by Crippen LogP contribution is 2.16. The Bertz CT molecular complexity index is 525. The summed E-state index contributed by atoms with van der Waals surface area (Å²) in [6.45, 7) is 1.60. The quantitative estimate of drug-likeness (QED) is 0.860. The minimum Gasteiger partial charge on any atom is -0.312 e. The van der Waals surface area contributed by atoms with E-state index in [9.17, 15) is 4.39 Å². The Kier molecular flexibility index (Phi) is 4.49. The Morgan fingerprint density at radius 3 is 2.89 bits per heavy atom. The highest BCUT2D eigenvalue weighted by atomic mass is 79.9. The zero-order chi connectivity index (χ0) is 13.0. The van der Waals surface area contributed by atoms with Crippen LogP contribution in [0.15, 0.2) is 34.9 Å². The van der Waals surface area contributed by atoms with Gasteiger partial charge in [0, 0.05) is 38.4 Å². The van der Waals surface area contributed by atoms with Gasteiger partial charge < -0.3 is 5.32 Å². The molecule has 0 aliphatic carbocycles. The van der Waals surface area contributed by atoms with Crippen molar-refractivity contribution < 1.29 is 4.39 Å². The molecule has 0 radical (unpaired) electrons. The minimum absolute atomic E-state index is 0.228. The van der Waals surface area contributed by atoms with Gasteiger partial charge in [-0.15, -0.1) is 0 Å². The summed E-state index contributed by atoms with van der Waals surface area (Å²) < 4.78 is 15.4. The number of aromatic nitrogens is 2. The zero-order valence-corrected chi connectivity index (χ0v) is 11.7. The van der Waals surface area contributed by atoms with Crippen molar-refractivity contribution in [2.45, 2.75) is 13.0 Å². The molecule has 1 aromatic carbocycles. The largest absolute Gasteiger partial charge is 0.312 e.